The maximum atomic E-state index is 14.2. The van der Waals surface area contributed by atoms with Gasteiger partial charge in [0.1, 0.15) is 29.7 Å². The van der Waals surface area contributed by atoms with Crippen molar-refractivity contribution in [3.63, 3.8) is 0 Å². The molecule has 3 fully saturated rings. The molecule has 1 saturated carbocycles. The van der Waals surface area contributed by atoms with E-state index in [0.717, 1.165) is 0 Å². The molecule has 18 atom stereocenters. The lowest BCUT2D eigenvalue weighted by atomic mass is 9.73. The number of likely N-dealkylation sites (N-methyl/N-ethyl adjacent to an activating group) is 1. The summed E-state index contributed by atoms with van der Waals surface area (Å²) >= 11 is 0. The maximum absolute atomic E-state index is 14.2. The molecule has 0 spiro atoms. The van der Waals surface area contributed by atoms with Crippen molar-refractivity contribution in [2.75, 3.05) is 28.3 Å². The van der Waals surface area contributed by atoms with E-state index in [0.29, 0.717) is 12.8 Å². The Morgan fingerprint density at radius 1 is 0.945 bits per heavy atom. The number of hydrogen-bond donors (Lipinski definition) is 5. The number of cyclic esters (lactones) is 1. The normalized spacial score (nSPS) is 46.7. The number of carbonyl (C=O) groups excluding carboxylic acids is 3. The van der Waals surface area contributed by atoms with Crippen LogP contribution < -0.4 is 5.32 Å². The van der Waals surface area contributed by atoms with Gasteiger partial charge in [-0.05, 0) is 66.2 Å². The number of carbonyl (C=O) groups is 3. The van der Waals surface area contributed by atoms with Crippen molar-refractivity contribution in [1.29, 1.82) is 0 Å². The fourth-order valence-electron chi connectivity index (χ4n) is 8.81. The molecule has 0 aromatic carbocycles. The molecule has 2 aliphatic heterocycles. The smallest absolute Gasteiger partial charge is 0.317 e. The molecule has 3 rings (SSSR count). The summed E-state index contributed by atoms with van der Waals surface area (Å²) in [7, 11) is 5.98. The molecule has 2 amide bonds. The van der Waals surface area contributed by atoms with Crippen LogP contribution in [0.1, 0.15) is 94.9 Å². The number of aliphatic hydroxyl groups is 4. The third-order valence-electron chi connectivity index (χ3n) is 12.6. The predicted molar refractivity (Wildman–Crippen MR) is 199 cm³/mol. The molecule has 16 heteroatoms. The van der Waals surface area contributed by atoms with Gasteiger partial charge in [0.2, 0.25) is 0 Å². The average molecular weight is 791 g/mol. The zero-order valence-corrected chi connectivity index (χ0v) is 35.3. The minimum atomic E-state index is -2.01. The molecule has 0 aromatic rings. The van der Waals surface area contributed by atoms with Gasteiger partial charge in [-0.3, -0.25) is 14.3 Å². The summed E-state index contributed by atoms with van der Waals surface area (Å²) in [5.41, 5.74) is -3.31. The van der Waals surface area contributed by atoms with E-state index in [1.165, 1.54) is 46.9 Å². The summed E-state index contributed by atoms with van der Waals surface area (Å²) in [6, 6.07) is -0.962. The van der Waals surface area contributed by atoms with Gasteiger partial charge < -0.3 is 59.1 Å². The lowest BCUT2D eigenvalue weighted by Gasteiger charge is -2.50. The van der Waals surface area contributed by atoms with E-state index in [2.05, 4.69) is 5.32 Å². The number of ketones is 1. The van der Waals surface area contributed by atoms with Gasteiger partial charge in [-0.2, -0.15) is 0 Å². The number of esters is 1. The largest absolute Gasteiger partial charge is 0.459 e. The SMILES string of the molecule is CC[C@H]1OC(=O)[C@H](C)[C@@H](O[C@@H]2O[C@@H](C)[C@H](O)[C@](C)(OC)O2)[C@H](C)[C@@H](O[C@@H]2C[C@H](C)C[C@H](N(C)C(=O)NC)[C@H]2O)[C@@](C)(OC)C[C@@H](C)C(=O)[C@H](C)[C@@H](O)[C@]1(C)O. The predicted octanol–water partition coefficient (Wildman–Crippen LogP) is 2.35. The number of urea groups is 1. The second kappa shape index (κ2) is 18.7. The topological polar surface area (TPSA) is 212 Å². The van der Waals surface area contributed by atoms with E-state index in [4.69, 9.17) is 33.2 Å². The van der Waals surface area contributed by atoms with Gasteiger partial charge in [-0.25, -0.2) is 4.79 Å². The highest BCUT2D eigenvalue weighted by atomic mass is 16.9. The fraction of sp³-hybridized carbons (Fsp3) is 0.923. The molecule has 1 aliphatic carbocycles. The summed E-state index contributed by atoms with van der Waals surface area (Å²) < 4.78 is 43.2. The lowest BCUT2D eigenvalue weighted by molar-refractivity contribution is -0.454. The number of methoxy groups -OCH3 is 2. The Bertz CT molecular complexity index is 1300. The van der Waals surface area contributed by atoms with Crippen LogP contribution in [0, 0.1) is 29.6 Å². The molecule has 0 aromatic heterocycles. The van der Waals surface area contributed by atoms with Crippen molar-refractivity contribution in [2.24, 2.45) is 29.6 Å². The number of hydrogen-bond acceptors (Lipinski definition) is 14. The first-order valence-electron chi connectivity index (χ1n) is 19.6. The highest BCUT2D eigenvalue weighted by molar-refractivity contribution is 5.83. The quantitative estimate of drug-likeness (QED) is 0.224. The van der Waals surface area contributed by atoms with Crippen LogP contribution in [0.15, 0.2) is 0 Å². The summed E-state index contributed by atoms with van der Waals surface area (Å²) in [6.07, 6.45) is -7.79. The standard InChI is InChI=1S/C39H70N2O14/c1-15-27-38(9,48)31(44)21(4)28(42)20(3)18-37(8,49-13)33(52-26-17-19(2)16-25(29(26)43)41(12)35(47)40-11)22(5)30(23(6)34(46)53-27)54-36-51-24(7)32(45)39(10,50-14)55-36/h19-27,29-33,36,43-45,48H,15-18H2,1-14H3,(H,40,47)/t19-,20-,21+,22+,23-,24+,25+,26-,27-,29-,30+,31-,32+,33-,36+,37+,38-,39-/m1/s1. The lowest BCUT2D eigenvalue weighted by Crippen LogP contribution is -2.62. The monoisotopic (exact) mass is 790 g/mol. The first kappa shape index (κ1) is 47.4. The minimum absolute atomic E-state index is 0.0272. The maximum Gasteiger partial charge on any atom is 0.317 e. The van der Waals surface area contributed by atoms with Gasteiger partial charge in [0.25, 0.3) is 6.48 Å². The Hall–Kier alpha value is -1.99. The molecule has 55 heavy (non-hydrogen) atoms. The van der Waals surface area contributed by atoms with E-state index in [1.54, 1.807) is 48.6 Å². The second-order valence-corrected chi connectivity index (χ2v) is 16.9. The minimum Gasteiger partial charge on any atom is -0.459 e. The zero-order valence-electron chi connectivity index (χ0n) is 35.3. The van der Waals surface area contributed by atoms with Crippen molar-refractivity contribution in [3.8, 4) is 0 Å². The Kier molecular flexibility index (Phi) is 16.1. The van der Waals surface area contributed by atoms with Crippen LogP contribution in [0.4, 0.5) is 4.79 Å². The number of nitrogens with one attached hydrogen (secondary N) is 1. The summed E-state index contributed by atoms with van der Waals surface area (Å²) in [4.78, 5) is 42.4. The Labute approximate surface area is 326 Å². The van der Waals surface area contributed by atoms with E-state index in [1.807, 2.05) is 6.92 Å². The molecule has 5 N–H and O–H groups in total. The molecule has 3 aliphatic rings. The van der Waals surface area contributed by atoms with Gasteiger partial charge >= 0.3 is 12.0 Å². The molecule has 16 nitrogen and oxygen atoms in total. The Balaban J connectivity index is 2.23. The molecule has 0 unspecified atom stereocenters. The third kappa shape index (κ3) is 10.0. The molecule has 0 bridgehead atoms. The molecular weight excluding hydrogens is 720 g/mol. The highest BCUT2D eigenvalue weighted by Crippen LogP contribution is 2.42. The Morgan fingerprint density at radius 2 is 1.56 bits per heavy atom. The molecule has 2 heterocycles. The van der Waals surface area contributed by atoms with Crippen LogP contribution in [-0.2, 0) is 42.7 Å². The number of nitrogens with zero attached hydrogens (tertiary/aromatic N) is 1. The first-order chi connectivity index (χ1) is 25.4. The van der Waals surface area contributed by atoms with Crippen LogP contribution in [-0.4, -0.2) is 150 Å². The molecule has 0 radical (unpaired) electrons. The van der Waals surface area contributed by atoms with Crippen molar-refractivity contribution in [1.82, 2.24) is 10.2 Å². The third-order valence-corrected chi connectivity index (χ3v) is 12.6. The summed E-state index contributed by atoms with van der Waals surface area (Å²) in [5, 5.41) is 48.4. The van der Waals surface area contributed by atoms with Crippen molar-refractivity contribution >= 4 is 17.8 Å². The van der Waals surface area contributed by atoms with Gasteiger partial charge in [-0.1, -0.05) is 34.6 Å². The van der Waals surface area contributed by atoms with Crippen LogP contribution in [0.25, 0.3) is 0 Å². The fourth-order valence-corrected chi connectivity index (χ4v) is 8.81. The molecule has 2 saturated heterocycles. The molecule has 320 valence electrons. The van der Waals surface area contributed by atoms with Gasteiger partial charge in [0, 0.05) is 46.1 Å². The van der Waals surface area contributed by atoms with Crippen LogP contribution in [0.2, 0.25) is 0 Å². The van der Waals surface area contributed by atoms with E-state index in [9.17, 15) is 34.8 Å². The second-order valence-electron chi connectivity index (χ2n) is 16.9. The van der Waals surface area contributed by atoms with Gasteiger partial charge in [0.05, 0.1) is 48.1 Å². The van der Waals surface area contributed by atoms with Crippen molar-refractivity contribution in [3.05, 3.63) is 0 Å². The summed E-state index contributed by atoms with van der Waals surface area (Å²) in [5.74, 6) is -6.34. The van der Waals surface area contributed by atoms with E-state index in [-0.39, 0.29) is 30.6 Å². The molecular formula is C39H70N2O14. The number of rotatable bonds is 8. The van der Waals surface area contributed by atoms with Crippen LogP contribution in [0.3, 0.4) is 0 Å². The number of amides is 2. The van der Waals surface area contributed by atoms with Gasteiger partial charge in [0.15, 0.2) is 5.79 Å². The highest BCUT2D eigenvalue weighted by Gasteiger charge is 2.54. The number of aliphatic hydroxyl groups excluding tert-OH is 3. The number of ether oxygens (including phenoxy) is 7. The van der Waals surface area contributed by atoms with Gasteiger partial charge in [-0.15, -0.1) is 0 Å². The van der Waals surface area contributed by atoms with Crippen LogP contribution in [0.5, 0.6) is 0 Å². The summed E-state index contributed by atoms with van der Waals surface area (Å²) in [6.45, 7) is 15.1. The zero-order chi connectivity index (χ0) is 42.0. The van der Waals surface area contributed by atoms with Crippen molar-refractivity contribution in [2.45, 2.75) is 173 Å². The van der Waals surface area contributed by atoms with E-state index >= 15 is 0 Å². The Morgan fingerprint density at radius 3 is 2.11 bits per heavy atom. The first-order valence-corrected chi connectivity index (χ1v) is 19.6. The van der Waals surface area contributed by atoms with Crippen LogP contribution >= 0.6 is 0 Å². The van der Waals surface area contributed by atoms with Crippen molar-refractivity contribution < 1.29 is 68.0 Å². The average Bonchev–Trinajstić information content (AvgIpc) is 3.15. The number of Topliss-reactive ketones (excluding diaryl/α,β-unsaturated/α-hetero) is 1. The van der Waals surface area contributed by atoms with E-state index < -0.39 is 108 Å².